The fourth-order valence-corrected chi connectivity index (χ4v) is 3.32. The molecule has 0 aliphatic carbocycles. The summed E-state index contributed by atoms with van der Waals surface area (Å²) in [5, 5.41) is 0. The molecule has 0 fully saturated rings. The minimum Gasteiger partial charge on any atom is -0.475 e. The quantitative estimate of drug-likeness (QED) is 0.686. The van der Waals surface area contributed by atoms with E-state index in [2.05, 4.69) is 76.0 Å². The van der Waals surface area contributed by atoms with Crippen molar-refractivity contribution in [2.24, 2.45) is 4.99 Å². The molecule has 0 radical (unpaired) electrons. The first-order chi connectivity index (χ1) is 11.7. The van der Waals surface area contributed by atoms with Crippen molar-refractivity contribution < 1.29 is 9.16 Å². The van der Waals surface area contributed by atoms with Crippen molar-refractivity contribution in [1.82, 2.24) is 0 Å². The van der Waals surface area contributed by atoms with Crippen molar-refractivity contribution in [3.63, 3.8) is 0 Å². The number of nitrogens with zero attached hydrogens (tertiary/aromatic N) is 1. The third-order valence-electron chi connectivity index (χ3n) is 4.06. The Morgan fingerprint density at radius 1 is 1.00 bits per heavy atom. The van der Waals surface area contributed by atoms with Gasteiger partial charge in [-0.3, -0.25) is 0 Å². The Morgan fingerprint density at radius 2 is 1.64 bits per heavy atom. The predicted octanol–water partition coefficient (Wildman–Crippen LogP) is 5.26. The SMILES string of the molecule is CC1(C)COC(c2ccccc2-c2ccc(CO[Si](C)(C)C)cc2)=N1. The van der Waals surface area contributed by atoms with Gasteiger partial charge in [0.2, 0.25) is 5.90 Å². The molecule has 132 valence electrons. The van der Waals surface area contributed by atoms with Gasteiger partial charge < -0.3 is 9.16 Å². The molecule has 0 unspecified atom stereocenters. The predicted molar refractivity (Wildman–Crippen MR) is 107 cm³/mol. The van der Waals surface area contributed by atoms with Crippen LogP contribution in [0.3, 0.4) is 0 Å². The summed E-state index contributed by atoms with van der Waals surface area (Å²) in [6.45, 7) is 12.1. The van der Waals surface area contributed by atoms with Crippen LogP contribution in [0, 0.1) is 0 Å². The Kier molecular flexibility index (Phi) is 4.85. The van der Waals surface area contributed by atoms with Crippen LogP contribution in [0.1, 0.15) is 25.0 Å². The number of ether oxygens (including phenoxy) is 1. The molecule has 2 aromatic carbocycles. The lowest BCUT2D eigenvalue weighted by Crippen LogP contribution is -2.24. The minimum atomic E-state index is -1.49. The lowest BCUT2D eigenvalue weighted by molar-refractivity contribution is 0.279. The molecule has 0 aromatic heterocycles. The van der Waals surface area contributed by atoms with Crippen molar-refractivity contribution >= 4 is 14.2 Å². The second-order valence-electron chi connectivity index (χ2n) is 8.16. The van der Waals surface area contributed by atoms with Gasteiger partial charge in [-0.05, 0) is 56.2 Å². The normalized spacial score (nSPS) is 16.4. The Bertz CT molecular complexity index is 773. The third kappa shape index (κ3) is 4.59. The lowest BCUT2D eigenvalue weighted by atomic mass is 9.98. The van der Waals surface area contributed by atoms with E-state index in [9.17, 15) is 0 Å². The summed E-state index contributed by atoms with van der Waals surface area (Å²) in [6.07, 6.45) is 0. The van der Waals surface area contributed by atoms with Gasteiger partial charge >= 0.3 is 0 Å². The minimum absolute atomic E-state index is 0.152. The van der Waals surface area contributed by atoms with E-state index in [0.717, 1.165) is 17.0 Å². The molecule has 0 bridgehead atoms. The second kappa shape index (κ2) is 6.77. The Hall–Kier alpha value is -1.91. The number of hydrogen-bond donors (Lipinski definition) is 0. The number of benzene rings is 2. The highest BCUT2D eigenvalue weighted by molar-refractivity contribution is 6.69. The highest BCUT2D eigenvalue weighted by Gasteiger charge is 2.28. The Balaban J connectivity index is 1.86. The lowest BCUT2D eigenvalue weighted by Gasteiger charge is -2.17. The monoisotopic (exact) mass is 353 g/mol. The topological polar surface area (TPSA) is 30.8 Å². The van der Waals surface area contributed by atoms with E-state index >= 15 is 0 Å². The fraction of sp³-hybridized carbons (Fsp3) is 0.381. The van der Waals surface area contributed by atoms with Crippen molar-refractivity contribution in [1.29, 1.82) is 0 Å². The molecule has 1 heterocycles. The average Bonchev–Trinajstić information content (AvgIpc) is 2.93. The van der Waals surface area contributed by atoms with E-state index in [1.165, 1.54) is 11.1 Å². The van der Waals surface area contributed by atoms with Gasteiger partial charge in [-0.2, -0.15) is 0 Å². The molecule has 4 heteroatoms. The highest BCUT2D eigenvalue weighted by atomic mass is 28.4. The number of aliphatic imine (C=N–C) groups is 1. The molecule has 3 nitrogen and oxygen atoms in total. The molecule has 0 saturated carbocycles. The molecular weight excluding hydrogens is 326 g/mol. The van der Waals surface area contributed by atoms with Gasteiger partial charge in [0, 0.05) is 5.56 Å². The van der Waals surface area contributed by atoms with Crippen LogP contribution in [0.2, 0.25) is 19.6 Å². The van der Waals surface area contributed by atoms with E-state index in [4.69, 9.17) is 14.2 Å². The smallest absolute Gasteiger partial charge is 0.217 e. The summed E-state index contributed by atoms with van der Waals surface area (Å²) < 4.78 is 11.8. The molecule has 2 aromatic rings. The van der Waals surface area contributed by atoms with Crippen molar-refractivity contribution in [3.05, 3.63) is 59.7 Å². The molecule has 1 aliphatic rings. The number of rotatable bonds is 5. The molecule has 0 N–H and O–H groups in total. The van der Waals surface area contributed by atoms with Gasteiger partial charge in [0.1, 0.15) is 6.61 Å². The summed E-state index contributed by atoms with van der Waals surface area (Å²) in [5.41, 5.74) is 4.43. The van der Waals surface area contributed by atoms with Crippen LogP contribution >= 0.6 is 0 Å². The zero-order valence-electron chi connectivity index (χ0n) is 15.8. The van der Waals surface area contributed by atoms with Crippen LogP contribution < -0.4 is 0 Å². The zero-order valence-corrected chi connectivity index (χ0v) is 16.8. The molecule has 0 spiro atoms. The van der Waals surface area contributed by atoms with Gasteiger partial charge in [-0.25, -0.2) is 4.99 Å². The van der Waals surface area contributed by atoms with Gasteiger partial charge in [0.05, 0.1) is 12.1 Å². The van der Waals surface area contributed by atoms with Gasteiger partial charge in [0.15, 0.2) is 8.32 Å². The molecule has 0 amide bonds. The van der Waals surface area contributed by atoms with Crippen LogP contribution in [-0.2, 0) is 15.8 Å². The highest BCUT2D eigenvalue weighted by Crippen LogP contribution is 2.29. The average molecular weight is 354 g/mol. The standard InChI is InChI=1S/C21H27NO2Si/c1-21(2)15-23-20(22-21)19-9-7-6-8-18(19)17-12-10-16(11-13-17)14-24-25(3,4)5/h6-13H,14-15H2,1-5H3. The second-order valence-corrected chi connectivity index (χ2v) is 12.7. The maximum Gasteiger partial charge on any atom is 0.217 e. The fourth-order valence-electron chi connectivity index (χ4n) is 2.72. The van der Waals surface area contributed by atoms with Crippen molar-refractivity contribution in [3.8, 4) is 11.1 Å². The van der Waals surface area contributed by atoms with Crippen molar-refractivity contribution in [2.45, 2.75) is 45.6 Å². The molecule has 3 rings (SSSR count). The van der Waals surface area contributed by atoms with E-state index in [0.29, 0.717) is 13.2 Å². The summed E-state index contributed by atoms with van der Waals surface area (Å²) in [7, 11) is -1.49. The van der Waals surface area contributed by atoms with Crippen LogP contribution in [0.4, 0.5) is 0 Å². The van der Waals surface area contributed by atoms with Crippen LogP contribution in [0.15, 0.2) is 53.5 Å². The van der Waals surface area contributed by atoms with Crippen molar-refractivity contribution in [2.75, 3.05) is 6.61 Å². The van der Waals surface area contributed by atoms with E-state index in [1.54, 1.807) is 0 Å². The molecule has 1 aliphatic heterocycles. The van der Waals surface area contributed by atoms with Crippen LogP contribution in [0.25, 0.3) is 11.1 Å². The van der Waals surface area contributed by atoms with Gasteiger partial charge in [-0.15, -0.1) is 0 Å². The largest absolute Gasteiger partial charge is 0.475 e. The first kappa shape index (κ1) is 17.9. The molecule has 0 atom stereocenters. The maximum atomic E-state index is 5.99. The molecule has 25 heavy (non-hydrogen) atoms. The maximum absolute atomic E-state index is 5.99. The first-order valence-electron chi connectivity index (χ1n) is 8.79. The summed E-state index contributed by atoms with van der Waals surface area (Å²) >= 11 is 0. The molecular formula is C21H27NO2Si. The third-order valence-corrected chi connectivity index (χ3v) is 5.07. The summed E-state index contributed by atoms with van der Waals surface area (Å²) in [4.78, 5) is 4.73. The van der Waals surface area contributed by atoms with E-state index < -0.39 is 8.32 Å². The van der Waals surface area contributed by atoms with E-state index in [-0.39, 0.29) is 5.54 Å². The van der Waals surface area contributed by atoms with Crippen LogP contribution in [0.5, 0.6) is 0 Å². The van der Waals surface area contributed by atoms with Gasteiger partial charge in [-0.1, -0.05) is 42.5 Å². The zero-order chi connectivity index (χ0) is 18.1. The summed E-state index contributed by atoms with van der Waals surface area (Å²) in [5.74, 6) is 0.742. The summed E-state index contributed by atoms with van der Waals surface area (Å²) in [6, 6.07) is 16.9. The van der Waals surface area contributed by atoms with Crippen LogP contribution in [-0.4, -0.2) is 26.4 Å². The molecule has 0 saturated heterocycles. The van der Waals surface area contributed by atoms with E-state index in [1.807, 2.05) is 6.07 Å². The Morgan fingerprint density at radius 3 is 2.20 bits per heavy atom. The first-order valence-corrected chi connectivity index (χ1v) is 12.2. The Labute approximate surface area is 151 Å². The van der Waals surface area contributed by atoms with Gasteiger partial charge in [0.25, 0.3) is 0 Å². The number of hydrogen-bond acceptors (Lipinski definition) is 3.